The minimum atomic E-state index is -0.446. The highest BCUT2D eigenvalue weighted by atomic mass is 19.1. The molecular formula is C23H28FN3O. The zero-order chi connectivity index (χ0) is 19.8. The lowest BCUT2D eigenvalue weighted by atomic mass is 9.97. The second-order valence-corrected chi connectivity index (χ2v) is 8.36. The average molecular weight is 381 g/mol. The van der Waals surface area contributed by atoms with Crippen LogP contribution in [0.3, 0.4) is 0 Å². The summed E-state index contributed by atoms with van der Waals surface area (Å²) in [5, 5.41) is 6.22. The van der Waals surface area contributed by atoms with Gasteiger partial charge in [-0.1, -0.05) is 18.2 Å². The molecule has 1 saturated carbocycles. The molecule has 0 radical (unpaired) electrons. The fourth-order valence-electron chi connectivity index (χ4n) is 4.56. The fourth-order valence-corrected chi connectivity index (χ4v) is 4.56. The Labute approximate surface area is 166 Å². The van der Waals surface area contributed by atoms with E-state index in [2.05, 4.69) is 41.8 Å². The molecule has 4 nitrogen and oxygen atoms in total. The number of nitrogens with zero attached hydrogens (tertiary/aromatic N) is 1. The van der Waals surface area contributed by atoms with Crippen molar-refractivity contribution in [1.29, 1.82) is 0 Å². The summed E-state index contributed by atoms with van der Waals surface area (Å²) in [7, 11) is 4.28. The van der Waals surface area contributed by atoms with E-state index >= 15 is 0 Å². The van der Waals surface area contributed by atoms with Crippen molar-refractivity contribution < 1.29 is 9.18 Å². The Kier molecular flexibility index (Phi) is 5.11. The van der Waals surface area contributed by atoms with Gasteiger partial charge in [-0.05, 0) is 75.5 Å². The summed E-state index contributed by atoms with van der Waals surface area (Å²) in [4.78, 5) is 15.1. The fraction of sp³-hybridized carbons (Fsp3) is 0.435. The van der Waals surface area contributed by atoms with Gasteiger partial charge in [0.2, 0.25) is 5.91 Å². The van der Waals surface area contributed by atoms with Crippen LogP contribution in [0, 0.1) is 12.7 Å². The first-order valence-electron chi connectivity index (χ1n) is 10.0. The molecule has 5 heteroatoms. The number of anilines is 2. The van der Waals surface area contributed by atoms with Crippen LogP contribution in [0.4, 0.5) is 15.8 Å². The molecule has 2 aromatic rings. The van der Waals surface area contributed by atoms with Gasteiger partial charge in [0.1, 0.15) is 11.9 Å². The Bertz CT molecular complexity index is 864. The predicted octanol–water partition coefficient (Wildman–Crippen LogP) is 4.31. The molecule has 1 aliphatic carbocycles. The van der Waals surface area contributed by atoms with E-state index < -0.39 is 6.04 Å². The van der Waals surface area contributed by atoms with Gasteiger partial charge in [0.25, 0.3) is 0 Å². The van der Waals surface area contributed by atoms with Crippen LogP contribution in [0.1, 0.15) is 41.9 Å². The molecule has 148 valence electrons. The van der Waals surface area contributed by atoms with Crippen LogP contribution in [0.25, 0.3) is 0 Å². The van der Waals surface area contributed by atoms with Crippen molar-refractivity contribution in [2.24, 2.45) is 0 Å². The van der Waals surface area contributed by atoms with E-state index in [1.54, 1.807) is 6.07 Å². The van der Waals surface area contributed by atoms with Crippen LogP contribution in [0.2, 0.25) is 0 Å². The lowest BCUT2D eigenvalue weighted by Gasteiger charge is -2.19. The molecule has 0 bridgehead atoms. The maximum absolute atomic E-state index is 14.1. The molecule has 4 rings (SSSR count). The van der Waals surface area contributed by atoms with E-state index in [4.69, 9.17) is 0 Å². The summed E-state index contributed by atoms with van der Waals surface area (Å²) in [6.45, 7) is 1.93. The third-order valence-corrected chi connectivity index (χ3v) is 6.27. The standard InChI is InChI=1S/C23H28FN3O/c1-14-7-10-20(24)19-13-21(26-22(14)19)23(28)25-17-6-4-5-15(11-17)16-8-9-18(12-16)27(2)3/h4-7,10-11,16,18,21,26H,8-9,12-13H2,1-3H3,(H,25,28)/t16-,18+,21?/m0/s1. The van der Waals surface area contributed by atoms with Crippen molar-refractivity contribution in [3.8, 4) is 0 Å². The molecule has 1 unspecified atom stereocenters. The van der Waals surface area contributed by atoms with E-state index in [9.17, 15) is 9.18 Å². The van der Waals surface area contributed by atoms with Crippen LogP contribution < -0.4 is 10.6 Å². The number of amides is 1. The van der Waals surface area contributed by atoms with Crippen molar-refractivity contribution in [2.75, 3.05) is 24.7 Å². The predicted molar refractivity (Wildman–Crippen MR) is 111 cm³/mol. The molecule has 28 heavy (non-hydrogen) atoms. The topological polar surface area (TPSA) is 44.4 Å². The minimum absolute atomic E-state index is 0.121. The molecule has 1 aliphatic heterocycles. The van der Waals surface area contributed by atoms with Crippen molar-refractivity contribution >= 4 is 17.3 Å². The third kappa shape index (κ3) is 3.63. The Morgan fingerprint density at radius 2 is 2.04 bits per heavy atom. The molecule has 0 spiro atoms. The largest absolute Gasteiger partial charge is 0.373 e. The van der Waals surface area contributed by atoms with E-state index in [-0.39, 0.29) is 11.7 Å². The van der Waals surface area contributed by atoms with E-state index in [0.717, 1.165) is 23.4 Å². The third-order valence-electron chi connectivity index (χ3n) is 6.27. The van der Waals surface area contributed by atoms with Crippen LogP contribution >= 0.6 is 0 Å². The zero-order valence-corrected chi connectivity index (χ0v) is 16.8. The number of carbonyl (C=O) groups excluding carboxylic acids is 1. The number of aryl methyl sites for hydroxylation is 1. The Morgan fingerprint density at radius 1 is 1.21 bits per heavy atom. The normalized spacial score (nSPS) is 23.5. The number of rotatable bonds is 4. The number of halogens is 1. The number of fused-ring (bicyclic) bond motifs is 1. The number of nitrogens with one attached hydrogen (secondary N) is 2. The highest BCUT2D eigenvalue weighted by molar-refractivity contribution is 5.98. The summed E-state index contributed by atoms with van der Waals surface area (Å²) < 4.78 is 14.1. The first kappa shape index (κ1) is 18.9. The second-order valence-electron chi connectivity index (χ2n) is 8.36. The summed E-state index contributed by atoms with van der Waals surface area (Å²) in [5.41, 5.74) is 4.42. The first-order chi connectivity index (χ1) is 13.4. The first-order valence-corrected chi connectivity index (χ1v) is 10.0. The van der Waals surface area contributed by atoms with Gasteiger partial charge in [-0.15, -0.1) is 0 Å². The van der Waals surface area contributed by atoms with Gasteiger partial charge in [0.05, 0.1) is 0 Å². The second kappa shape index (κ2) is 7.55. The van der Waals surface area contributed by atoms with Crippen molar-refractivity contribution in [2.45, 2.75) is 50.6 Å². The Hall–Kier alpha value is -2.40. The summed E-state index contributed by atoms with van der Waals surface area (Å²) >= 11 is 0. The molecule has 1 fully saturated rings. The van der Waals surface area contributed by atoms with Crippen molar-refractivity contribution in [3.63, 3.8) is 0 Å². The van der Waals surface area contributed by atoms with Crippen LogP contribution in [-0.4, -0.2) is 37.0 Å². The van der Waals surface area contributed by atoms with Gasteiger partial charge in [0.15, 0.2) is 0 Å². The van der Waals surface area contributed by atoms with Gasteiger partial charge in [-0.3, -0.25) is 4.79 Å². The van der Waals surface area contributed by atoms with Crippen molar-refractivity contribution in [3.05, 3.63) is 58.9 Å². The molecular weight excluding hydrogens is 353 g/mol. The van der Waals surface area contributed by atoms with E-state index in [0.29, 0.717) is 23.9 Å². The number of hydrogen-bond donors (Lipinski definition) is 2. The monoisotopic (exact) mass is 381 g/mol. The van der Waals surface area contributed by atoms with Gasteiger partial charge in [0, 0.05) is 29.4 Å². The SMILES string of the molecule is Cc1ccc(F)c2c1NC(C(=O)Nc1cccc([C@H]3CC[C@@H](N(C)C)C3)c1)C2. The van der Waals surface area contributed by atoms with Gasteiger partial charge < -0.3 is 15.5 Å². The molecule has 0 aromatic heterocycles. The quantitative estimate of drug-likeness (QED) is 0.830. The summed E-state index contributed by atoms with van der Waals surface area (Å²) in [6.07, 6.45) is 3.92. The van der Waals surface area contributed by atoms with Gasteiger partial charge in [-0.2, -0.15) is 0 Å². The van der Waals surface area contributed by atoms with E-state index in [1.165, 1.54) is 24.5 Å². The van der Waals surface area contributed by atoms with Crippen LogP contribution in [-0.2, 0) is 11.2 Å². The molecule has 2 N–H and O–H groups in total. The van der Waals surface area contributed by atoms with Gasteiger partial charge >= 0.3 is 0 Å². The highest BCUT2D eigenvalue weighted by Crippen LogP contribution is 2.37. The van der Waals surface area contributed by atoms with E-state index in [1.807, 2.05) is 19.1 Å². The number of benzene rings is 2. The zero-order valence-electron chi connectivity index (χ0n) is 16.8. The minimum Gasteiger partial charge on any atom is -0.373 e. The van der Waals surface area contributed by atoms with Crippen LogP contribution in [0.5, 0.6) is 0 Å². The summed E-state index contributed by atoms with van der Waals surface area (Å²) in [6, 6.07) is 11.6. The molecule has 2 aromatic carbocycles. The summed E-state index contributed by atoms with van der Waals surface area (Å²) in [5.74, 6) is 0.168. The Balaban J connectivity index is 1.43. The maximum Gasteiger partial charge on any atom is 0.247 e. The van der Waals surface area contributed by atoms with Crippen molar-refractivity contribution in [1.82, 2.24) is 4.90 Å². The number of hydrogen-bond acceptors (Lipinski definition) is 3. The lowest BCUT2D eigenvalue weighted by Crippen LogP contribution is -2.32. The Morgan fingerprint density at radius 3 is 2.75 bits per heavy atom. The molecule has 3 atom stereocenters. The molecule has 1 heterocycles. The number of carbonyl (C=O) groups is 1. The molecule has 2 aliphatic rings. The highest BCUT2D eigenvalue weighted by Gasteiger charge is 2.30. The van der Waals surface area contributed by atoms with Gasteiger partial charge in [-0.25, -0.2) is 4.39 Å². The molecule has 1 amide bonds. The molecule has 0 saturated heterocycles. The maximum atomic E-state index is 14.1. The smallest absolute Gasteiger partial charge is 0.247 e. The average Bonchev–Trinajstić information content (AvgIpc) is 3.33. The lowest BCUT2D eigenvalue weighted by molar-refractivity contribution is -0.116. The van der Waals surface area contributed by atoms with Crippen LogP contribution in [0.15, 0.2) is 36.4 Å².